The molecule has 2 rings (SSSR count). The zero-order chi connectivity index (χ0) is 11.5. The summed E-state index contributed by atoms with van der Waals surface area (Å²) in [7, 11) is 0. The Kier molecular flexibility index (Phi) is 4.03. The number of aryl methyl sites for hydroxylation is 1. The Morgan fingerprint density at radius 1 is 1.50 bits per heavy atom. The van der Waals surface area contributed by atoms with Crippen molar-refractivity contribution < 1.29 is 5.11 Å². The van der Waals surface area contributed by atoms with Crippen molar-refractivity contribution in [2.24, 2.45) is 0 Å². The van der Waals surface area contributed by atoms with Crippen LogP contribution in [0.3, 0.4) is 0 Å². The maximum absolute atomic E-state index is 9.87. The number of aliphatic hydroxyl groups excluding tert-OH is 1. The van der Waals surface area contributed by atoms with Gasteiger partial charge in [-0.1, -0.05) is 12.8 Å². The number of nitrogens with zero attached hydrogens (tertiary/aromatic N) is 2. The third-order valence-corrected chi connectivity index (χ3v) is 4.03. The summed E-state index contributed by atoms with van der Waals surface area (Å²) >= 11 is 3.57. The van der Waals surface area contributed by atoms with Crippen LogP contribution >= 0.6 is 15.9 Å². The van der Waals surface area contributed by atoms with Gasteiger partial charge in [0.2, 0.25) is 0 Å². The zero-order valence-corrected chi connectivity index (χ0v) is 11.3. The maximum atomic E-state index is 9.87. The molecule has 1 aromatic rings. The lowest BCUT2D eigenvalue weighted by atomic mass is 9.95. The molecule has 1 aromatic heterocycles. The van der Waals surface area contributed by atoms with Crippen molar-refractivity contribution in [1.82, 2.24) is 9.78 Å². The number of rotatable bonds is 2. The number of aromatic nitrogens is 2. The zero-order valence-electron chi connectivity index (χ0n) is 9.69. The average molecular weight is 287 g/mol. The van der Waals surface area contributed by atoms with Crippen LogP contribution in [0.5, 0.6) is 0 Å². The summed E-state index contributed by atoms with van der Waals surface area (Å²) in [5, 5.41) is 14.2. The minimum atomic E-state index is -0.139. The monoisotopic (exact) mass is 286 g/mol. The molecule has 2 atom stereocenters. The van der Waals surface area contributed by atoms with Gasteiger partial charge in [-0.05, 0) is 42.1 Å². The van der Waals surface area contributed by atoms with E-state index >= 15 is 0 Å². The minimum absolute atomic E-state index is 0.139. The highest BCUT2D eigenvalue weighted by molar-refractivity contribution is 9.10. The number of halogens is 1. The molecule has 0 radical (unpaired) electrons. The minimum Gasteiger partial charge on any atom is -0.393 e. The Bertz CT molecular complexity index is 351. The molecule has 0 bridgehead atoms. The van der Waals surface area contributed by atoms with Crippen LogP contribution in [0.4, 0.5) is 0 Å². The smallest absolute Gasteiger partial charge is 0.0635 e. The predicted molar refractivity (Wildman–Crippen MR) is 67.4 cm³/mol. The van der Waals surface area contributed by atoms with Gasteiger partial charge in [0, 0.05) is 12.5 Å². The fourth-order valence-electron chi connectivity index (χ4n) is 2.61. The molecule has 0 saturated heterocycles. The molecule has 2 unspecified atom stereocenters. The molecule has 1 aliphatic carbocycles. The lowest BCUT2D eigenvalue weighted by Gasteiger charge is -2.18. The largest absolute Gasteiger partial charge is 0.393 e. The van der Waals surface area contributed by atoms with Gasteiger partial charge in [0.15, 0.2) is 0 Å². The van der Waals surface area contributed by atoms with E-state index in [0.29, 0.717) is 5.92 Å². The first-order chi connectivity index (χ1) is 7.72. The summed E-state index contributed by atoms with van der Waals surface area (Å²) in [5.74, 6) is 0.453. The molecule has 0 amide bonds. The van der Waals surface area contributed by atoms with E-state index in [0.717, 1.165) is 30.3 Å². The Morgan fingerprint density at radius 2 is 2.25 bits per heavy atom. The summed E-state index contributed by atoms with van der Waals surface area (Å²) in [4.78, 5) is 0. The van der Waals surface area contributed by atoms with E-state index in [1.807, 2.05) is 10.9 Å². The van der Waals surface area contributed by atoms with Gasteiger partial charge >= 0.3 is 0 Å². The third-order valence-electron chi connectivity index (χ3n) is 3.42. The highest BCUT2D eigenvalue weighted by Gasteiger charge is 2.24. The van der Waals surface area contributed by atoms with Gasteiger partial charge in [-0.15, -0.1) is 0 Å². The third kappa shape index (κ3) is 2.48. The second-order valence-corrected chi connectivity index (χ2v) is 5.42. The van der Waals surface area contributed by atoms with Crippen molar-refractivity contribution in [2.45, 2.75) is 57.6 Å². The van der Waals surface area contributed by atoms with Crippen molar-refractivity contribution in [3.8, 4) is 0 Å². The van der Waals surface area contributed by atoms with Gasteiger partial charge in [-0.2, -0.15) is 5.10 Å². The number of hydrogen-bond acceptors (Lipinski definition) is 2. The molecule has 0 spiro atoms. The first kappa shape index (κ1) is 12.1. The Labute approximate surface area is 105 Å². The Hall–Kier alpha value is -0.350. The van der Waals surface area contributed by atoms with E-state index in [9.17, 15) is 5.11 Å². The van der Waals surface area contributed by atoms with Crippen molar-refractivity contribution in [3.05, 3.63) is 16.4 Å². The molecule has 1 fully saturated rings. The SMILES string of the molecule is CCn1ncc(Br)c1C1CCCCC(O)C1. The quantitative estimate of drug-likeness (QED) is 0.849. The second kappa shape index (κ2) is 5.32. The van der Waals surface area contributed by atoms with Crippen molar-refractivity contribution in [2.75, 3.05) is 0 Å². The lowest BCUT2D eigenvalue weighted by Crippen LogP contribution is -2.13. The van der Waals surface area contributed by atoms with E-state index in [4.69, 9.17) is 0 Å². The standard InChI is InChI=1S/C12H19BrN2O/c1-2-15-12(11(13)8-14-15)9-5-3-4-6-10(16)7-9/h8-10,16H,2-7H2,1H3. The molecule has 90 valence electrons. The normalized spacial score (nSPS) is 26.7. The molecule has 0 aliphatic heterocycles. The van der Waals surface area contributed by atoms with Gasteiger partial charge in [0.05, 0.1) is 22.5 Å². The van der Waals surface area contributed by atoms with Crippen molar-refractivity contribution in [1.29, 1.82) is 0 Å². The molecular formula is C12H19BrN2O. The van der Waals surface area contributed by atoms with E-state index in [1.54, 1.807) is 0 Å². The highest BCUT2D eigenvalue weighted by Crippen LogP contribution is 2.35. The van der Waals surface area contributed by atoms with Crippen molar-refractivity contribution >= 4 is 15.9 Å². The molecular weight excluding hydrogens is 268 g/mol. The number of hydrogen-bond donors (Lipinski definition) is 1. The molecule has 0 aromatic carbocycles. The lowest BCUT2D eigenvalue weighted by molar-refractivity contribution is 0.150. The van der Waals surface area contributed by atoms with Crippen molar-refractivity contribution in [3.63, 3.8) is 0 Å². The van der Waals surface area contributed by atoms with Crippen LogP contribution in [0.2, 0.25) is 0 Å². The fraction of sp³-hybridized carbons (Fsp3) is 0.750. The topological polar surface area (TPSA) is 38.0 Å². The van der Waals surface area contributed by atoms with Gasteiger partial charge in [0.1, 0.15) is 0 Å². The summed E-state index contributed by atoms with van der Waals surface area (Å²) in [6.45, 7) is 3.00. The highest BCUT2D eigenvalue weighted by atomic mass is 79.9. The van der Waals surface area contributed by atoms with Crippen LogP contribution in [-0.4, -0.2) is 21.0 Å². The van der Waals surface area contributed by atoms with Crippen LogP contribution in [-0.2, 0) is 6.54 Å². The maximum Gasteiger partial charge on any atom is 0.0635 e. The van der Waals surface area contributed by atoms with Gasteiger partial charge in [0.25, 0.3) is 0 Å². The predicted octanol–water partition coefficient (Wildman–Crippen LogP) is 3.07. The van der Waals surface area contributed by atoms with E-state index < -0.39 is 0 Å². The van der Waals surface area contributed by atoms with E-state index in [-0.39, 0.29) is 6.10 Å². The number of aliphatic hydroxyl groups is 1. The van der Waals surface area contributed by atoms with Crippen LogP contribution in [0.25, 0.3) is 0 Å². The van der Waals surface area contributed by atoms with Crippen LogP contribution in [0.1, 0.15) is 50.6 Å². The molecule has 1 aliphatic rings. The van der Waals surface area contributed by atoms with Crippen LogP contribution < -0.4 is 0 Å². The van der Waals surface area contributed by atoms with Gasteiger partial charge in [-0.3, -0.25) is 4.68 Å². The Balaban J connectivity index is 2.23. The molecule has 1 heterocycles. The molecule has 1 saturated carbocycles. The Morgan fingerprint density at radius 3 is 3.00 bits per heavy atom. The van der Waals surface area contributed by atoms with E-state index in [2.05, 4.69) is 28.0 Å². The summed E-state index contributed by atoms with van der Waals surface area (Å²) in [6.07, 6.45) is 7.09. The van der Waals surface area contributed by atoms with Crippen LogP contribution in [0.15, 0.2) is 10.7 Å². The molecule has 1 N–H and O–H groups in total. The summed E-state index contributed by atoms with van der Waals surface area (Å²) in [5.41, 5.74) is 1.27. The first-order valence-corrected chi connectivity index (χ1v) is 6.91. The second-order valence-electron chi connectivity index (χ2n) is 4.56. The molecule has 4 heteroatoms. The first-order valence-electron chi connectivity index (χ1n) is 6.11. The van der Waals surface area contributed by atoms with Gasteiger partial charge < -0.3 is 5.11 Å². The fourth-order valence-corrected chi connectivity index (χ4v) is 3.23. The molecule has 3 nitrogen and oxygen atoms in total. The molecule has 16 heavy (non-hydrogen) atoms. The van der Waals surface area contributed by atoms with Gasteiger partial charge in [-0.25, -0.2) is 0 Å². The summed E-state index contributed by atoms with van der Waals surface area (Å²) in [6, 6.07) is 0. The summed E-state index contributed by atoms with van der Waals surface area (Å²) < 4.78 is 3.14. The van der Waals surface area contributed by atoms with E-state index in [1.165, 1.54) is 18.5 Å². The average Bonchev–Trinajstić information content (AvgIpc) is 2.50. The van der Waals surface area contributed by atoms with Crippen LogP contribution in [0, 0.1) is 0 Å².